The van der Waals surface area contributed by atoms with Gasteiger partial charge in [-0.2, -0.15) is 0 Å². The summed E-state index contributed by atoms with van der Waals surface area (Å²) in [5.74, 6) is 0.323. The number of fused-ring (bicyclic) bond motifs is 5. The van der Waals surface area contributed by atoms with E-state index >= 15 is 0 Å². The molecular formula is C22H24N2O4. The standard InChI is InChI=1S/C22H24N2O4/c25-18-11-15-7-9-17-22-24(14-6-8-16(10-14)28-22)21(26)19(23(15)17)20(18)27-12-13-4-2-1-3-5-13/h1-5,11,14,16-18,22,25H,6-10,12H2/t14?,16?,17-,18?,22+/m1/s1. The Morgan fingerprint density at radius 2 is 2.04 bits per heavy atom. The molecule has 6 heteroatoms. The van der Waals surface area contributed by atoms with Crippen molar-refractivity contribution in [2.75, 3.05) is 0 Å². The molecule has 0 radical (unpaired) electrons. The van der Waals surface area contributed by atoms with E-state index < -0.39 is 6.10 Å². The van der Waals surface area contributed by atoms with Crippen LogP contribution >= 0.6 is 0 Å². The van der Waals surface area contributed by atoms with Gasteiger partial charge in [0.2, 0.25) is 0 Å². The fraction of sp³-hybridized carbons (Fsp3) is 0.500. The van der Waals surface area contributed by atoms with Gasteiger partial charge in [0.25, 0.3) is 5.91 Å². The lowest BCUT2D eigenvalue weighted by atomic mass is 9.99. The third kappa shape index (κ3) is 2.31. The number of piperazine rings is 1. The Hall–Kier alpha value is -2.31. The third-order valence-electron chi connectivity index (χ3n) is 6.79. The normalized spacial score (nSPS) is 35.7. The van der Waals surface area contributed by atoms with Gasteiger partial charge in [-0.1, -0.05) is 30.3 Å². The number of ether oxygens (including phenoxy) is 2. The largest absolute Gasteiger partial charge is 0.488 e. The van der Waals surface area contributed by atoms with Crippen LogP contribution in [0.5, 0.6) is 0 Å². The first-order valence-corrected chi connectivity index (χ1v) is 10.3. The lowest BCUT2D eigenvalue weighted by molar-refractivity contribution is -0.189. The van der Waals surface area contributed by atoms with E-state index in [9.17, 15) is 9.90 Å². The van der Waals surface area contributed by atoms with Gasteiger partial charge < -0.3 is 24.4 Å². The molecule has 6 nitrogen and oxygen atoms in total. The minimum absolute atomic E-state index is 0.0544. The van der Waals surface area contributed by atoms with E-state index in [1.807, 2.05) is 41.3 Å². The minimum Gasteiger partial charge on any atom is -0.488 e. The molecule has 1 aromatic rings. The number of aliphatic hydroxyl groups is 1. The fourth-order valence-corrected chi connectivity index (χ4v) is 5.56. The molecule has 3 saturated heterocycles. The van der Waals surface area contributed by atoms with Crippen LogP contribution in [0.15, 0.2) is 53.6 Å². The van der Waals surface area contributed by atoms with Crippen LogP contribution in [0.25, 0.3) is 0 Å². The quantitative estimate of drug-likeness (QED) is 0.872. The van der Waals surface area contributed by atoms with Crippen molar-refractivity contribution in [2.24, 2.45) is 0 Å². The number of carbonyl (C=O) groups is 1. The van der Waals surface area contributed by atoms with Gasteiger partial charge in [0, 0.05) is 11.7 Å². The molecular weight excluding hydrogens is 356 g/mol. The maximum Gasteiger partial charge on any atom is 0.276 e. The van der Waals surface area contributed by atoms with Crippen LogP contribution in [0.2, 0.25) is 0 Å². The van der Waals surface area contributed by atoms with Gasteiger partial charge in [0.05, 0.1) is 12.1 Å². The van der Waals surface area contributed by atoms with Crippen molar-refractivity contribution in [2.45, 2.75) is 69.2 Å². The molecule has 2 bridgehead atoms. The molecule has 5 aliphatic rings. The van der Waals surface area contributed by atoms with Crippen LogP contribution in [-0.4, -0.2) is 51.3 Å². The number of amides is 1. The Morgan fingerprint density at radius 1 is 1.18 bits per heavy atom. The highest BCUT2D eigenvalue weighted by Gasteiger charge is 2.57. The molecule has 4 heterocycles. The number of hydrogen-bond acceptors (Lipinski definition) is 5. The number of aliphatic hydroxyl groups excluding tert-OH is 1. The van der Waals surface area contributed by atoms with Crippen molar-refractivity contribution in [3.05, 3.63) is 59.1 Å². The molecule has 1 amide bonds. The SMILES string of the molecule is O=C1C2=C(OCc3ccccc3)C(O)C=C3CC[C@H]([C@@H]4OC5CCC(C5)N14)N32. The molecule has 1 saturated carbocycles. The molecule has 1 N–H and O–H groups in total. The lowest BCUT2D eigenvalue weighted by Crippen LogP contribution is -2.65. The summed E-state index contributed by atoms with van der Waals surface area (Å²) in [5, 5.41) is 10.8. The molecule has 0 aromatic heterocycles. The van der Waals surface area contributed by atoms with E-state index in [-0.39, 0.29) is 30.3 Å². The molecule has 6 rings (SSSR count). The molecule has 4 aliphatic heterocycles. The number of carbonyl (C=O) groups excluding carboxylic acids is 1. The van der Waals surface area contributed by atoms with Gasteiger partial charge in [0.15, 0.2) is 12.0 Å². The maximum atomic E-state index is 13.6. The molecule has 4 fully saturated rings. The summed E-state index contributed by atoms with van der Waals surface area (Å²) in [7, 11) is 0. The first kappa shape index (κ1) is 16.6. The van der Waals surface area contributed by atoms with Crippen LogP contribution in [0.4, 0.5) is 0 Å². The molecule has 0 spiro atoms. The monoisotopic (exact) mass is 380 g/mol. The van der Waals surface area contributed by atoms with E-state index in [1.165, 1.54) is 0 Å². The highest BCUT2D eigenvalue weighted by atomic mass is 16.5. The van der Waals surface area contributed by atoms with Crippen molar-refractivity contribution >= 4 is 5.91 Å². The van der Waals surface area contributed by atoms with Gasteiger partial charge in [0.1, 0.15) is 18.4 Å². The van der Waals surface area contributed by atoms with E-state index in [2.05, 4.69) is 4.90 Å². The van der Waals surface area contributed by atoms with Crippen LogP contribution in [0.3, 0.4) is 0 Å². The summed E-state index contributed by atoms with van der Waals surface area (Å²) in [6.45, 7) is 0.330. The molecule has 3 unspecified atom stereocenters. The van der Waals surface area contributed by atoms with E-state index in [0.29, 0.717) is 18.1 Å². The zero-order chi connectivity index (χ0) is 18.8. The summed E-state index contributed by atoms with van der Waals surface area (Å²) in [5.41, 5.74) is 2.55. The Labute approximate surface area is 164 Å². The summed E-state index contributed by atoms with van der Waals surface area (Å²) in [4.78, 5) is 17.6. The predicted molar refractivity (Wildman–Crippen MR) is 100 cm³/mol. The van der Waals surface area contributed by atoms with Crippen LogP contribution in [-0.2, 0) is 20.9 Å². The zero-order valence-corrected chi connectivity index (χ0v) is 15.7. The molecule has 146 valence electrons. The highest BCUT2D eigenvalue weighted by Crippen LogP contribution is 2.48. The number of allylic oxidation sites excluding steroid dienone is 1. The maximum absolute atomic E-state index is 13.6. The Bertz CT molecular complexity index is 880. The molecule has 28 heavy (non-hydrogen) atoms. The number of rotatable bonds is 3. The molecule has 5 atom stereocenters. The number of nitrogens with zero attached hydrogens (tertiary/aromatic N) is 2. The number of benzene rings is 1. The van der Waals surface area contributed by atoms with Crippen LogP contribution in [0.1, 0.15) is 37.7 Å². The fourth-order valence-electron chi connectivity index (χ4n) is 5.56. The van der Waals surface area contributed by atoms with Gasteiger partial charge in [-0.3, -0.25) is 4.79 Å². The van der Waals surface area contributed by atoms with Gasteiger partial charge in [-0.25, -0.2) is 0 Å². The highest BCUT2D eigenvalue weighted by molar-refractivity contribution is 5.96. The van der Waals surface area contributed by atoms with Crippen molar-refractivity contribution < 1.29 is 19.4 Å². The summed E-state index contributed by atoms with van der Waals surface area (Å²) < 4.78 is 12.4. The van der Waals surface area contributed by atoms with Crippen molar-refractivity contribution in [3.63, 3.8) is 0 Å². The topological polar surface area (TPSA) is 62.2 Å². The second-order valence-electron chi connectivity index (χ2n) is 8.39. The van der Waals surface area contributed by atoms with Crippen molar-refractivity contribution in [1.82, 2.24) is 9.80 Å². The third-order valence-corrected chi connectivity index (χ3v) is 6.79. The number of hydrogen-bond donors (Lipinski definition) is 1. The average molecular weight is 380 g/mol. The summed E-state index contributed by atoms with van der Waals surface area (Å²) >= 11 is 0. The van der Waals surface area contributed by atoms with Crippen molar-refractivity contribution in [1.29, 1.82) is 0 Å². The Morgan fingerprint density at radius 3 is 2.89 bits per heavy atom. The van der Waals surface area contributed by atoms with E-state index in [4.69, 9.17) is 9.47 Å². The van der Waals surface area contributed by atoms with E-state index in [1.54, 1.807) is 0 Å². The van der Waals surface area contributed by atoms with Crippen molar-refractivity contribution in [3.8, 4) is 0 Å². The van der Waals surface area contributed by atoms with Gasteiger partial charge >= 0.3 is 0 Å². The Kier molecular flexibility index (Phi) is 3.62. The first-order chi connectivity index (χ1) is 13.7. The average Bonchev–Trinajstić information content (AvgIpc) is 3.29. The first-order valence-electron chi connectivity index (χ1n) is 10.3. The molecule has 1 aliphatic carbocycles. The van der Waals surface area contributed by atoms with Crippen LogP contribution in [0, 0.1) is 0 Å². The van der Waals surface area contributed by atoms with Gasteiger partial charge in [-0.15, -0.1) is 0 Å². The van der Waals surface area contributed by atoms with E-state index in [0.717, 1.165) is 43.4 Å². The minimum atomic E-state index is -0.883. The van der Waals surface area contributed by atoms with Crippen LogP contribution < -0.4 is 0 Å². The predicted octanol–water partition coefficient (Wildman–Crippen LogP) is 2.26. The second kappa shape index (κ2) is 6.09. The summed E-state index contributed by atoms with van der Waals surface area (Å²) in [6.07, 6.45) is 5.79. The Balaban J connectivity index is 1.39. The smallest absolute Gasteiger partial charge is 0.276 e. The second-order valence-corrected chi connectivity index (χ2v) is 8.39. The molecule has 1 aromatic carbocycles. The summed E-state index contributed by atoms with van der Waals surface area (Å²) in [6, 6.07) is 10.2. The van der Waals surface area contributed by atoms with Gasteiger partial charge in [-0.05, 0) is 43.7 Å². The lowest BCUT2D eigenvalue weighted by Gasteiger charge is -2.51. The zero-order valence-electron chi connectivity index (χ0n) is 15.7.